The van der Waals surface area contributed by atoms with Crippen molar-refractivity contribution in [3.63, 3.8) is 0 Å². The van der Waals surface area contributed by atoms with Crippen molar-refractivity contribution in [2.24, 2.45) is 0 Å². The first kappa shape index (κ1) is 24.4. The zero-order chi connectivity index (χ0) is 26.4. The number of nitrogens with zero attached hydrogens (tertiary/aromatic N) is 4. The monoisotopic (exact) mass is 506 g/mol. The van der Waals surface area contributed by atoms with Crippen LogP contribution in [0.4, 0.5) is 5.69 Å². The maximum absolute atomic E-state index is 12.4. The molecule has 0 atom stereocenters. The number of furan rings is 1. The highest BCUT2D eigenvalue weighted by Gasteiger charge is 2.50. The first-order valence-corrected chi connectivity index (χ1v) is 13.0. The number of morpholine rings is 1. The molecule has 1 saturated carbocycles. The van der Waals surface area contributed by atoms with Crippen LogP contribution in [0.15, 0.2) is 59.1 Å². The Hall–Kier alpha value is -3.99. The summed E-state index contributed by atoms with van der Waals surface area (Å²) < 4.78 is 12.0. The number of benzene rings is 2. The maximum Gasteiger partial charge on any atom is 0.253 e. The van der Waals surface area contributed by atoms with Crippen LogP contribution in [0.5, 0.6) is 0 Å². The molecule has 0 N–H and O–H groups in total. The summed E-state index contributed by atoms with van der Waals surface area (Å²) in [6, 6.07) is 15.8. The predicted molar refractivity (Wildman–Crippen MR) is 147 cm³/mol. The first-order chi connectivity index (χ1) is 18.4. The summed E-state index contributed by atoms with van der Waals surface area (Å²) in [5.41, 5.74) is 7.58. The lowest BCUT2D eigenvalue weighted by molar-refractivity contribution is 0.00854. The molecule has 6 rings (SSSR count). The van der Waals surface area contributed by atoms with Crippen LogP contribution < -0.4 is 0 Å². The fraction of sp³-hybridized carbons (Fsp3) is 0.323. The molecular formula is C31H30N4O3. The molecule has 2 fully saturated rings. The largest absolute Gasteiger partial charge is 0.454 e. The number of aromatic nitrogens is 1. The van der Waals surface area contributed by atoms with E-state index in [0.717, 1.165) is 72.5 Å². The number of rotatable bonds is 5. The second kappa shape index (κ2) is 9.39. The third-order valence-electron chi connectivity index (χ3n) is 7.83. The normalized spacial score (nSPS) is 16.8. The van der Waals surface area contributed by atoms with Gasteiger partial charge < -0.3 is 14.1 Å². The van der Waals surface area contributed by atoms with Crippen LogP contribution in [0.2, 0.25) is 0 Å². The Morgan fingerprint density at radius 2 is 1.84 bits per heavy atom. The smallest absolute Gasteiger partial charge is 0.253 e. The second-order valence-electron chi connectivity index (χ2n) is 10.4. The van der Waals surface area contributed by atoms with Gasteiger partial charge in [0.2, 0.25) is 0 Å². The molecule has 3 heterocycles. The molecule has 4 aromatic rings. The molecule has 1 amide bonds. The van der Waals surface area contributed by atoms with Gasteiger partial charge in [-0.2, -0.15) is 0 Å². The third-order valence-corrected chi connectivity index (χ3v) is 7.83. The number of carbonyl (C=O) groups is 1. The van der Waals surface area contributed by atoms with Crippen LogP contribution in [0.3, 0.4) is 0 Å². The molecule has 2 aliphatic rings. The van der Waals surface area contributed by atoms with Crippen molar-refractivity contribution >= 4 is 22.7 Å². The van der Waals surface area contributed by atoms with Crippen LogP contribution in [0, 0.1) is 13.5 Å². The van der Waals surface area contributed by atoms with Crippen molar-refractivity contribution in [3.05, 3.63) is 82.8 Å². The summed E-state index contributed by atoms with van der Waals surface area (Å²) in [5.74, 6) is 0.668. The van der Waals surface area contributed by atoms with Gasteiger partial charge in [-0.25, -0.2) is 4.85 Å². The van der Waals surface area contributed by atoms with E-state index in [4.69, 9.17) is 15.7 Å². The average Bonchev–Trinajstić information content (AvgIpc) is 3.64. The van der Waals surface area contributed by atoms with Gasteiger partial charge in [0.15, 0.2) is 11.3 Å². The minimum atomic E-state index is -0.0364. The van der Waals surface area contributed by atoms with Crippen molar-refractivity contribution in [2.45, 2.75) is 25.3 Å². The van der Waals surface area contributed by atoms with E-state index in [1.54, 1.807) is 25.2 Å². The molecule has 7 nitrogen and oxygen atoms in total. The third kappa shape index (κ3) is 4.07. The average molecular weight is 507 g/mol. The van der Waals surface area contributed by atoms with Gasteiger partial charge in [-0.15, -0.1) is 0 Å². The summed E-state index contributed by atoms with van der Waals surface area (Å²) in [7, 11) is 3.49. The van der Waals surface area contributed by atoms with Gasteiger partial charge >= 0.3 is 0 Å². The van der Waals surface area contributed by atoms with Crippen LogP contribution in [0.1, 0.15) is 34.3 Å². The van der Waals surface area contributed by atoms with Crippen LogP contribution >= 0.6 is 0 Å². The molecule has 192 valence electrons. The molecule has 2 aromatic carbocycles. The summed E-state index contributed by atoms with van der Waals surface area (Å²) >= 11 is 0. The van der Waals surface area contributed by atoms with Gasteiger partial charge in [0, 0.05) is 61.7 Å². The minimum absolute atomic E-state index is 0.0335. The lowest BCUT2D eigenvalue weighted by Crippen LogP contribution is -2.43. The fourth-order valence-corrected chi connectivity index (χ4v) is 5.68. The van der Waals surface area contributed by atoms with Crippen molar-refractivity contribution in [1.82, 2.24) is 14.8 Å². The number of hydrogen-bond donors (Lipinski definition) is 0. The van der Waals surface area contributed by atoms with Crippen molar-refractivity contribution in [3.8, 4) is 22.5 Å². The van der Waals surface area contributed by atoms with E-state index in [-0.39, 0.29) is 11.4 Å². The van der Waals surface area contributed by atoms with Crippen molar-refractivity contribution in [1.29, 1.82) is 0 Å². The van der Waals surface area contributed by atoms with E-state index in [9.17, 15) is 4.79 Å². The van der Waals surface area contributed by atoms with Crippen LogP contribution in [-0.2, 0) is 10.3 Å². The highest BCUT2D eigenvalue weighted by Crippen LogP contribution is 2.54. The number of fused-ring (bicyclic) bond motifs is 1. The Labute approximate surface area is 222 Å². The molecular weight excluding hydrogens is 476 g/mol. The highest BCUT2D eigenvalue weighted by atomic mass is 16.5. The molecule has 1 aliphatic heterocycles. The van der Waals surface area contributed by atoms with Gasteiger partial charge in [0.25, 0.3) is 5.91 Å². The number of aryl methyl sites for hydroxylation is 1. The zero-order valence-corrected chi connectivity index (χ0v) is 22.0. The number of hydrogen-bond acceptors (Lipinski definition) is 5. The second-order valence-corrected chi connectivity index (χ2v) is 10.4. The van der Waals surface area contributed by atoms with Gasteiger partial charge in [0.05, 0.1) is 19.8 Å². The number of pyridine rings is 1. The number of carbonyl (C=O) groups excluding carboxylic acids is 1. The molecule has 0 bridgehead atoms. The van der Waals surface area contributed by atoms with E-state index in [1.165, 1.54) is 0 Å². The quantitative estimate of drug-likeness (QED) is 0.309. The molecule has 2 aromatic heterocycles. The van der Waals surface area contributed by atoms with Crippen molar-refractivity contribution in [2.75, 3.05) is 40.4 Å². The molecule has 0 radical (unpaired) electrons. The summed E-state index contributed by atoms with van der Waals surface area (Å²) in [6.45, 7) is 13.2. The summed E-state index contributed by atoms with van der Waals surface area (Å²) in [5, 5.41) is 0. The van der Waals surface area contributed by atoms with Crippen molar-refractivity contribution < 1.29 is 13.9 Å². The van der Waals surface area contributed by atoms with E-state index in [2.05, 4.69) is 26.9 Å². The summed E-state index contributed by atoms with van der Waals surface area (Å²) in [4.78, 5) is 24.9. The molecule has 0 unspecified atom stereocenters. The fourth-order valence-electron chi connectivity index (χ4n) is 5.68. The van der Waals surface area contributed by atoms with Gasteiger partial charge in [0.1, 0.15) is 11.3 Å². The Bertz CT molecular complexity index is 1590. The first-order valence-electron chi connectivity index (χ1n) is 13.0. The Morgan fingerprint density at radius 1 is 1.05 bits per heavy atom. The Balaban J connectivity index is 1.37. The molecule has 7 heteroatoms. The molecule has 1 saturated heterocycles. The number of ether oxygens (including phenoxy) is 1. The predicted octanol–water partition coefficient (Wildman–Crippen LogP) is 6.04. The van der Waals surface area contributed by atoms with E-state index < -0.39 is 0 Å². The lowest BCUT2D eigenvalue weighted by Gasteiger charge is -2.36. The van der Waals surface area contributed by atoms with Gasteiger partial charge in [-0.05, 0) is 60.7 Å². The van der Waals surface area contributed by atoms with E-state index >= 15 is 0 Å². The molecule has 1 aliphatic carbocycles. The molecule has 0 spiro atoms. The summed E-state index contributed by atoms with van der Waals surface area (Å²) in [6.07, 6.45) is 3.94. The maximum atomic E-state index is 12.4. The Kier molecular flexibility index (Phi) is 6.02. The topological polar surface area (TPSA) is 63.2 Å². The van der Waals surface area contributed by atoms with Crippen LogP contribution in [-0.4, -0.2) is 61.1 Å². The van der Waals surface area contributed by atoms with Gasteiger partial charge in [-0.3, -0.25) is 14.7 Å². The lowest BCUT2D eigenvalue weighted by atomic mass is 9.96. The van der Waals surface area contributed by atoms with E-state index in [1.807, 2.05) is 43.3 Å². The minimum Gasteiger partial charge on any atom is -0.454 e. The van der Waals surface area contributed by atoms with Crippen LogP contribution in [0.25, 0.3) is 38.4 Å². The zero-order valence-electron chi connectivity index (χ0n) is 22.0. The molecule has 38 heavy (non-hydrogen) atoms. The standard InChI is InChI=1S/C31H30N4O3/c1-20-17-22(30(36)34(3)4)5-7-23(20)28-19-27-29(38-28)24(9-12-33-27)21-6-8-25(26(18-21)32-2)31(10-11-31)35-13-15-37-16-14-35/h5-9,12,17-19H,10-11,13-16H2,1,3-4H3. The SMILES string of the molecule is [C-]#[N+]c1cc(-c2ccnc3cc(-c4ccc(C(=O)N(C)C)cc4C)oc23)ccc1C1(N2CCOCC2)CC1. The van der Waals surface area contributed by atoms with E-state index in [0.29, 0.717) is 22.6 Å². The number of amides is 1. The van der Waals surface area contributed by atoms with Gasteiger partial charge in [-0.1, -0.05) is 18.2 Å². The Morgan fingerprint density at radius 3 is 2.53 bits per heavy atom. The highest BCUT2D eigenvalue weighted by molar-refractivity contribution is 5.96.